The van der Waals surface area contributed by atoms with Crippen LogP contribution >= 0.6 is 27.3 Å². The molecule has 3 nitrogen and oxygen atoms in total. The molecule has 0 atom stereocenters. The molecule has 0 spiro atoms. The van der Waals surface area contributed by atoms with E-state index >= 15 is 0 Å². The van der Waals surface area contributed by atoms with Gasteiger partial charge in [-0.1, -0.05) is 0 Å². The molecule has 5 heteroatoms. The minimum atomic E-state index is -0.952. The fourth-order valence-corrected chi connectivity index (χ4v) is 2.19. The van der Waals surface area contributed by atoms with Gasteiger partial charge in [0.15, 0.2) is 4.88 Å². The maximum atomic E-state index is 10.7. The van der Waals surface area contributed by atoms with E-state index in [1.165, 1.54) is 0 Å². The van der Waals surface area contributed by atoms with Crippen LogP contribution in [0.2, 0.25) is 0 Å². The molecule has 0 fully saturated rings. The SMILES string of the molecule is CC(C)Oc1cc(Br)sc1C(=O)O. The fourth-order valence-electron chi connectivity index (χ4n) is 0.836. The van der Waals surface area contributed by atoms with E-state index in [0.717, 1.165) is 15.1 Å². The average molecular weight is 265 g/mol. The molecule has 0 unspecified atom stereocenters. The van der Waals surface area contributed by atoms with Gasteiger partial charge in [0, 0.05) is 6.07 Å². The van der Waals surface area contributed by atoms with Crippen molar-refractivity contribution in [2.75, 3.05) is 0 Å². The van der Waals surface area contributed by atoms with E-state index in [1.807, 2.05) is 13.8 Å². The van der Waals surface area contributed by atoms with Gasteiger partial charge >= 0.3 is 5.97 Å². The normalized spacial score (nSPS) is 10.5. The van der Waals surface area contributed by atoms with Crippen LogP contribution in [0, 0.1) is 0 Å². The van der Waals surface area contributed by atoms with Crippen molar-refractivity contribution in [3.8, 4) is 5.75 Å². The largest absolute Gasteiger partial charge is 0.489 e. The van der Waals surface area contributed by atoms with Crippen molar-refractivity contribution in [2.45, 2.75) is 20.0 Å². The first-order chi connectivity index (χ1) is 6.00. The number of thiophene rings is 1. The molecule has 0 aromatic carbocycles. The Morgan fingerprint density at radius 3 is 2.77 bits per heavy atom. The quantitative estimate of drug-likeness (QED) is 0.913. The molecular weight excluding hydrogens is 256 g/mol. The van der Waals surface area contributed by atoms with Crippen LogP contribution in [0.5, 0.6) is 5.75 Å². The van der Waals surface area contributed by atoms with E-state index in [-0.39, 0.29) is 11.0 Å². The van der Waals surface area contributed by atoms with Crippen LogP contribution in [0.3, 0.4) is 0 Å². The summed E-state index contributed by atoms with van der Waals surface area (Å²) < 4.78 is 6.09. The number of hydrogen-bond donors (Lipinski definition) is 1. The number of carbonyl (C=O) groups is 1. The number of halogens is 1. The van der Waals surface area contributed by atoms with E-state index in [9.17, 15) is 4.79 Å². The second-order valence-electron chi connectivity index (χ2n) is 2.72. The Morgan fingerprint density at radius 2 is 2.31 bits per heavy atom. The Balaban J connectivity index is 2.97. The lowest BCUT2D eigenvalue weighted by Crippen LogP contribution is -2.07. The van der Waals surface area contributed by atoms with Crippen molar-refractivity contribution in [2.24, 2.45) is 0 Å². The number of aromatic carboxylic acids is 1. The van der Waals surface area contributed by atoms with Gasteiger partial charge in [-0.15, -0.1) is 11.3 Å². The van der Waals surface area contributed by atoms with E-state index < -0.39 is 5.97 Å². The summed E-state index contributed by atoms with van der Waals surface area (Å²) in [5.41, 5.74) is 0. The van der Waals surface area contributed by atoms with Gasteiger partial charge < -0.3 is 9.84 Å². The molecule has 1 aromatic heterocycles. The van der Waals surface area contributed by atoms with Gasteiger partial charge in [-0.2, -0.15) is 0 Å². The number of hydrogen-bond acceptors (Lipinski definition) is 3. The number of rotatable bonds is 3. The molecule has 1 rings (SSSR count). The summed E-state index contributed by atoms with van der Waals surface area (Å²) in [4.78, 5) is 11.0. The molecule has 0 aliphatic rings. The molecule has 0 saturated carbocycles. The third-order valence-corrected chi connectivity index (χ3v) is 2.83. The van der Waals surface area contributed by atoms with Crippen molar-refractivity contribution in [3.05, 3.63) is 14.7 Å². The third-order valence-electron chi connectivity index (χ3n) is 1.22. The lowest BCUT2D eigenvalue weighted by Gasteiger charge is -2.07. The van der Waals surface area contributed by atoms with Crippen LogP contribution in [0.25, 0.3) is 0 Å². The van der Waals surface area contributed by atoms with Gasteiger partial charge in [-0.25, -0.2) is 4.79 Å². The second-order valence-corrected chi connectivity index (χ2v) is 5.15. The Bertz CT molecular complexity index is 319. The second kappa shape index (κ2) is 4.11. The van der Waals surface area contributed by atoms with Gasteiger partial charge in [-0.05, 0) is 29.8 Å². The van der Waals surface area contributed by atoms with Crippen molar-refractivity contribution in [1.29, 1.82) is 0 Å². The molecular formula is C8H9BrO3S. The Labute approximate surface area is 88.5 Å². The molecule has 1 aromatic rings. The lowest BCUT2D eigenvalue weighted by atomic mass is 10.4. The molecule has 0 aliphatic heterocycles. The van der Waals surface area contributed by atoms with Crippen LogP contribution in [-0.2, 0) is 0 Å². The number of ether oxygens (including phenoxy) is 1. The van der Waals surface area contributed by atoms with Gasteiger partial charge in [0.25, 0.3) is 0 Å². The number of carboxylic acid groups (broad SMARTS) is 1. The predicted octanol–water partition coefficient (Wildman–Crippen LogP) is 3.00. The van der Waals surface area contributed by atoms with Gasteiger partial charge in [0.2, 0.25) is 0 Å². The van der Waals surface area contributed by atoms with Gasteiger partial charge in [-0.3, -0.25) is 0 Å². The van der Waals surface area contributed by atoms with Crippen LogP contribution in [0.1, 0.15) is 23.5 Å². The third kappa shape index (κ3) is 2.70. The van der Waals surface area contributed by atoms with Crippen molar-refractivity contribution in [1.82, 2.24) is 0 Å². The maximum Gasteiger partial charge on any atom is 0.349 e. The Morgan fingerprint density at radius 1 is 1.69 bits per heavy atom. The fraction of sp³-hybridized carbons (Fsp3) is 0.375. The van der Waals surface area contributed by atoms with Gasteiger partial charge in [0.1, 0.15) is 5.75 Å². The summed E-state index contributed by atoms with van der Waals surface area (Å²) in [6, 6.07) is 1.67. The molecule has 0 amide bonds. The summed E-state index contributed by atoms with van der Waals surface area (Å²) in [5, 5.41) is 8.80. The topological polar surface area (TPSA) is 46.5 Å². The minimum Gasteiger partial charge on any atom is -0.489 e. The van der Waals surface area contributed by atoms with Crippen LogP contribution < -0.4 is 4.74 Å². The Hall–Kier alpha value is -0.550. The highest BCUT2D eigenvalue weighted by molar-refractivity contribution is 9.11. The zero-order chi connectivity index (χ0) is 10.0. The number of carboxylic acids is 1. The highest BCUT2D eigenvalue weighted by Crippen LogP contribution is 2.33. The van der Waals surface area contributed by atoms with Crippen LogP contribution in [-0.4, -0.2) is 17.2 Å². The monoisotopic (exact) mass is 264 g/mol. The van der Waals surface area contributed by atoms with E-state index in [4.69, 9.17) is 9.84 Å². The van der Waals surface area contributed by atoms with Crippen molar-refractivity contribution in [3.63, 3.8) is 0 Å². The Kier molecular flexibility index (Phi) is 3.33. The molecule has 1 N–H and O–H groups in total. The highest BCUT2D eigenvalue weighted by atomic mass is 79.9. The van der Waals surface area contributed by atoms with Crippen molar-refractivity contribution >= 4 is 33.2 Å². The van der Waals surface area contributed by atoms with Crippen molar-refractivity contribution < 1.29 is 14.6 Å². The minimum absolute atomic E-state index is 0.0143. The first-order valence-electron chi connectivity index (χ1n) is 3.70. The average Bonchev–Trinajstić information content (AvgIpc) is 2.29. The zero-order valence-electron chi connectivity index (χ0n) is 7.20. The summed E-state index contributed by atoms with van der Waals surface area (Å²) in [7, 11) is 0. The molecule has 13 heavy (non-hydrogen) atoms. The summed E-state index contributed by atoms with van der Waals surface area (Å²) in [6.07, 6.45) is -0.0143. The molecule has 72 valence electrons. The summed E-state index contributed by atoms with van der Waals surface area (Å²) in [6.45, 7) is 3.72. The van der Waals surface area contributed by atoms with E-state index in [2.05, 4.69) is 15.9 Å². The standard InChI is InChI=1S/C8H9BrO3S/c1-4(2)12-5-3-6(9)13-7(5)8(10)11/h3-4H,1-2H3,(H,10,11). The van der Waals surface area contributed by atoms with Gasteiger partial charge in [0.05, 0.1) is 9.89 Å². The van der Waals surface area contributed by atoms with Crippen LogP contribution in [0.15, 0.2) is 9.85 Å². The van der Waals surface area contributed by atoms with E-state index in [1.54, 1.807) is 6.07 Å². The zero-order valence-corrected chi connectivity index (χ0v) is 9.61. The highest BCUT2D eigenvalue weighted by Gasteiger charge is 2.16. The first kappa shape index (κ1) is 10.5. The van der Waals surface area contributed by atoms with E-state index in [0.29, 0.717) is 5.75 Å². The summed E-state index contributed by atoms with van der Waals surface area (Å²) >= 11 is 4.37. The first-order valence-corrected chi connectivity index (χ1v) is 5.31. The maximum absolute atomic E-state index is 10.7. The molecule has 1 heterocycles. The molecule has 0 saturated heterocycles. The molecule has 0 bridgehead atoms. The van der Waals surface area contributed by atoms with Crippen LogP contribution in [0.4, 0.5) is 0 Å². The molecule has 0 radical (unpaired) electrons. The molecule has 0 aliphatic carbocycles. The summed E-state index contributed by atoms with van der Waals surface area (Å²) in [5.74, 6) is -0.522. The predicted molar refractivity (Wildman–Crippen MR) is 54.7 cm³/mol. The lowest BCUT2D eigenvalue weighted by molar-refractivity contribution is 0.0696. The smallest absolute Gasteiger partial charge is 0.349 e.